The second-order valence-electron chi connectivity index (χ2n) is 14.3. The highest BCUT2D eigenvalue weighted by Gasteiger charge is 2.40. The Bertz CT molecular complexity index is 1570. The molecule has 1 unspecified atom stereocenters. The van der Waals surface area contributed by atoms with Crippen molar-refractivity contribution in [2.75, 3.05) is 17.5 Å². The SMILES string of the molecule is CCC(C(=O)O)c1cccc(CC(C)(C)NC[C@H](O[Si](C)(C)C(C)(C)C)c2ccc(OCc3ccccc3)c(NS(C)(=O)=O)c2)c1. The molecule has 2 atom stereocenters. The highest BCUT2D eigenvalue weighted by atomic mass is 32.2. The van der Waals surface area contributed by atoms with Crippen molar-refractivity contribution in [3.63, 3.8) is 0 Å². The van der Waals surface area contributed by atoms with E-state index < -0.39 is 30.2 Å². The molecule has 46 heavy (non-hydrogen) atoms. The number of nitrogens with one attached hydrogen (secondary N) is 2. The van der Waals surface area contributed by atoms with Crippen molar-refractivity contribution in [1.82, 2.24) is 5.32 Å². The van der Waals surface area contributed by atoms with Crippen molar-refractivity contribution in [3.8, 4) is 5.75 Å². The topological polar surface area (TPSA) is 114 Å². The summed E-state index contributed by atoms with van der Waals surface area (Å²) < 4.78 is 40.5. The molecule has 0 aliphatic heterocycles. The van der Waals surface area contributed by atoms with Crippen LogP contribution in [0.4, 0.5) is 5.69 Å². The van der Waals surface area contributed by atoms with Crippen molar-refractivity contribution in [3.05, 3.63) is 95.1 Å². The van der Waals surface area contributed by atoms with E-state index in [1.54, 1.807) is 6.07 Å². The van der Waals surface area contributed by atoms with Gasteiger partial charge in [-0.2, -0.15) is 0 Å². The molecule has 0 saturated carbocycles. The van der Waals surface area contributed by atoms with Gasteiger partial charge < -0.3 is 19.6 Å². The maximum Gasteiger partial charge on any atom is 0.310 e. The summed E-state index contributed by atoms with van der Waals surface area (Å²) >= 11 is 0. The fraction of sp³-hybridized carbons (Fsp3) is 0.472. The second kappa shape index (κ2) is 15.1. The standard InChI is InChI=1S/C36H52N2O6SSi/c1-10-30(34(39)40)28-18-14-17-27(21-28)23-36(5,6)37-24-33(44-46(8,9)35(2,3)4)29-19-20-32(31(22-29)38-45(7,41)42)43-25-26-15-12-11-13-16-26/h11-22,30,33,37-38H,10,23-25H2,1-9H3,(H,39,40)/t30?,33-/m0/s1. The molecule has 0 bridgehead atoms. The first-order valence-electron chi connectivity index (χ1n) is 15.8. The van der Waals surface area contributed by atoms with Crippen LogP contribution in [0.2, 0.25) is 18.1 Å². The molecule has 8 nitrogen and oxygen atoms in total. The van der Waals surface area contributed by atoms with E-state index in [4.69, 9.17) is 9.16 Å². The summed E-state index contributed by atoms with van der Waals surface area (Å²) in [6.45, 7) is 17.9. The van der Waals surface area contributed by atoms with Gasteiger partial charge in [-0.25, -0.2) is 8.42 Å². The average molecular weight is 669 g/mol. The average Bonchev–Trinajstić information content (AvgIpc) is 2.94. The molecular weight excluding hydrogens is 617 g/mol. The first-order chi connectivity index (χ1) is 21.3. The van der Waals surface area contributed by atoms with Gasteiger partial charge >= 0.3 is 5.97 Å². The van der Waals surface area contributed by atoms with E-state index in [-0.39, 0.29) is 16.7 Å². The lowest BCUT2D eigenvalue weighted by Gasteiger charge is -2.40. The predicted octanol–water partition coefficient (Wildman–Crippen LogP) is 7.89. The highest BCUT2D eigenvalue weighted by Crippen LogP contribution is 2.41. The summed E-state index contributed by atoms with van der Waals surface area (Å²) in [5.74, 6) is -0.916. The van der Waals surface area contributed by atoms with Gasteiger partial charge in [-0.05, 0) is 79.2 Å². The Morgan fingerprint density at radius 2 is 1.57 bits per heavy atom. The van der Waals surface area contributed by atoms with Crippen molar-refractivity contribution in [2.45, 2.75) is 96.7 Å². The number of carboxylic acid groups (broad SMARTS) is 1. The summed E-state index contributed by atoms with van der Waals surface area (Å²) in [6.07, 6.45) is 1.96. The smallest absolute Gasteiger partial charge is 0.310 e. The second-order valence-corrected chi connectivity index (χ2v) is 20.8. The maximum absolute atomic E-state index is 12.4. The molecule has 3 aromatic carbocycles. The molecule has 0 amide bonds. The number of carboxylic acids is 1. The van der Waals surface area contributed by atoms with Crippen LogP contribution in [0, 0.1) is 0 Å². The molecule has 0 fully saturated rings. The number of ether oxygens (including phenoxy) is 1. The van der Waals surface area contributed by atoms with Crippen LogP contribution in [0.3, 0.4) is 0 Å². The molecule has 0 aliphatic rings. The Morgan fingerprint density at radius 3 is 2.15 bits per heavy atom. The molecule has 3 rings (SSSR count). The highest BCUT2D eigenvalue weighted by molar-refractivity contribution is 7.92. The zero-order valence-electron chi connectivity index (χ0n) is 28.8. The Hall–Kier alpha value is -3.18. The summed E-state index contributed by atoms with van der Waals surface area (Å²) in [4.78, 5) is 11.8. The van der Waals surface area contributed by atoms with Crippen LogP contribution in [0.1, 0.15) is 82.2 Å². The summed E-state index contributed by atoms with van der Waals surface area (Å²) in [7, 11) is -5.84. The van der Waals surface area contributed by atoms with Gasteiger partial charge in [0.1, 0.15) is 12.4 Å². The Labute approximate surface area is 277 Å². The van der Waals surface area contributed by atoms with E-state index in [1.165, 1.54) is 0 Å². The lowest BCUT2D eigenvalue weighted by atomic mass is 9.90. The molecular formula is C36H52N2O6SSi. The predicted molar refractivity (Wildman–Crippen MR) is 190 cm³/mol. The number of sulfonamides is 1. The van der Waals surface area contributed by atoms with E-state index in [9.17, 15) is 18.3 Å². The molecule has 3 N–H and O–H groups in total. The molecule has 10 heteroatoms. The van der Waals surface area contributed by atoms with Gasteiger partial charge in [0.25, 0.3) is 0 Å². The van der Waals surface area contributed by atoms with Gasteiger partial charge in [0, 0.05) is 12.1 Å². The number of hydrogen-bond donors (Lipinski definition) is 3. The number of hydrogen-bond acceptors (Lipinski definition) is 6. The third kappa shape index (κ3) is 11.0. The van der Waals surface area contributed by atoms with Crippen LogP contribution in [0.25, 0.3) is 0 Å². The number of carbonyl (C=O) groups is 1. The summed E-state index contributed by atoms with van der Waals surface area (Å²) in [5.41, 5.74) is 3.67. The van der Waals surface area contributed by atoms with Gasteiger partial charge in [0.15, 0.2) is 8.32 Å². The molecule has 0 heterocycles. The molecule has 3 aromatic rings. The van der Waals surface area contributed by atoms with Gasteiger partial charge in [-0.3, -0.25) is 9.52 Å². The number of benzene rings is 3. The third-order valence-corrected chi connectivity index (χ3v) is 13.7. The Balaban J connectivity index is 1.92. The van der Waals surface area contributed by atoms with Gasteiger partial charge in [0.2, 0.25) is 10.0 Å². The van der Waals surface area contributed by atoms with E-state index >= 15 is 0 Å². The molecule has 0 spiro atoms. The number of rotatable bonds is 16. The number of anilines is 1. The summed E-state index contributed by atoms with van der Waals surface area (Å²) in [6, 6.07) is 23.1. The first kappa shape index (κ1) is 37.3. The maximum atomic E-state index is 12.4. The molecule has 0 aliphatic carbocycles. The monoisotopic (exact) mass is 668 g/mol. The van der Waals surface area contributed by atoms with Crippen molar-refractivity contribution >= 4 is 30.0 Å². The minimum absolute atomic E-state index is 0.0479. The first-order valence-corrected chi connectivity index (χ1v) is 20.6. The van der Waals surface area contributed by atoms with Gasteiger partial charge in [0.05, 0.1) is 24.0 Å². The van der Waals surface area contributed by atoms with E-state index in [0.717, 1.165) is 28.5 Å². The molecule has 0 saturated heterocycles. The summed E-state index contributed by atoms with van der Waals surface area (Å²) in [5, 5.41) is 13.3. The normalized spacial score (nSPS) is 14.0. The van der Waals surface area contributed by atoms with Crippen LogP contribution in [-0.2, 0) is 32.3 Å². The minimum Gasteiger partial charge on any atom is -0.487 e. The quantitative estimate of drug-likeness (QED) is 0.133. The zero-order valence-corrected chi connectivity index (χ0v) is 30.6. The van der Waals surface area contributed by atoms with Crippen LogP contribution < -0.4 is 14.8 Å². The lowest BCUT2D eigenvalue weighted by molar-refractivity contribution is -0.138. The van der Waals surface area contributed by atoms with Crippen LogP contribution in [-0.4, -0.2) is 46.2 Å². The minimum atomic E-state index is -3.59. The van der Waals surface area contributed by atoms with Crippen LogP contribution >= 0.6 is 0 Å². The molecule has 0 radical (unpaired) electrons. The van der Waals surface area contributed by atoms with E-state index in [2.05, 4.69) is 57.8 Å². The third-order valence-electron chi connectivity index (χ3n) is 8.62. The van der Waals surface area contributed by atoms with Crippen LogP contribution in [0.15, 0.2) is 72.8 Å². The Kier molecular flexibility index (Phi) is 12.3. The lowest BCUT2D eigenvalue weighted by Crippen LogP contribution is -2.47. The van der Waals surface area contributed by atoms with Crippen molar-refractivity contribution in [2.24, 2.45) is 0 Å². The van der Waals surface area contributed by atoms with Gasteiger partial charge in [-0.15, -0.1) is 0 Å². The molecule has 252 valence electrons. The van der Waals surface area contributed by atoms with Crippen molar-refractivity contribution < 1.29 is 27.5 Å². The fourth-order valence-corrected chi connectivity index (χ4v) is 6.91. The number of aliphatic carboxylic acids is 1. The van der Waals surface area contributed by atoms with Crippen LogP contribution in [0.5, 0.6) is 5.75 Å². The largest absolute Gasteiger partial charge is 0.487 e. The van der Waals surface area contributed by atoms with Crippen molar-refractivity contribution in [1.29, 1.82) is 0 Å². The Morgan fingerprint density at radius 1 is 0.913 bits per heavy atom. The zero-order chi connectivity index (χ0) is 34.3. The molecule has 0 aromatic heterocycles. The fourth-order valence-electron chi connectivity index (χ4n) is 5.06. The van der Waals surface area contributed by atoms with E-state index in [1.807, 2.05) is 73.7 Å². The van der Waals surface area contributed by atoms with E-state index in [0.29, 0.717) is 37.4 Å². The van der Waals surface area contributed by atoms with Gasteiger partial charge in [-0.1, -0.05) is 88.4 Å².